The summed E-state index contributed by atoms with van der Waals surface area (Å²) in [6.07, 6.45) is 3.72. The molecule has 1 aliphatic carbocycles. The molecule has 4 rings (SSSR count). The summed E-state index contributed by atoms with van der Waals surface area (Å²) >= 11 is 3.44. The highest BCUT2D eigenvalue weighted by atomic mass is 79.9. The van der Waals surface area contributed by atoms with Gasteiger partial charge in [-0.2, -0.15) is 9.78 Å². The molecule has 3 aromatic rings. The molecule has 0 aliphatic heterocycles. The van der Waals surface area contributed by atoms with Crippen molar-refractivity contribution in [2.24, 2.45) is 0 Å². The summed E-state index contributed by atoms with van der Waals surface area (Å²) in [6.45, 7) is 6.80. The lowest BCUT2D eigenvalue weighted by Gasteiger charge is -2.20. The highest BCUT2D eigenvalue weighted by molar-refractivity contribution is 9.10. The fourth-order valence-corrected chi connectivity index (χ4v) is 5.04. The van der Waals surface area contributed by atoms with E-state index >= 15 is 0 Å². The third kappa shape index (κ3) is 5.48. The quantitative estimate of drug-likeness (QED) is 0.480. The fourth-order valence-electron chi connectivity index (χ4n) is 3.29. The SMILES string of the molecule is CC(=O)n1nc(C2CC2)cc1Nc1nc(-c2cccc(S(=O)(=O)NC(C)(C)C)c2)ncc1Br. The number of carbonyl (C=O) groups excluding carboxylic acids is 1. The van der Waals surface area contributed by atoms with Crippen LogP contribution in [0.15, 0.2) is 45.9 Å². The van der Waals surface area contributed by atoms with E-state index in [0.29, 0.717) is 33.4 Å². The van der Waals surface area contributed by atoms with Crippen LogP contribution < -0.4 is 10.0 Å². The molecule has 11 heteroatoms. The highest BCUT2D eigenvalue weighted by Crippen LogP contribution is 2.40. The number of aromatic nitrogens is 4. The van der Waals surface area contributed by atoms with Gasteiger partial charge in [0.05, 0.1) is 15.1 Å². The maximum Gasteiger partial charge on any atom is 0.245 e. The lowest BCUT2D eigenvalue weighted by Crippen LogP contribution is -2.40. The van der Waals surface area contributed by atoms with Gasteiger partial charge < -0.3 is 5.32 Å². The van der Waals surface area contributed by atoms with E-state index in [2.05, 4.69) is 41.0 Å². The van der Waals surface area contributed by atoms with E-state index in [9.17, 15) is 13.2 Å². The Morgan fingerprint density at radius 3 is 2.58 bits per heavy atom. The Labute approximate surface area is 201 Å². The molecule has 2 aromatic heterocycles. The summed E-state index contributed by atoms with van der Waals surface area (Å²) in [5.74, 6) is 1.47. The molecule has 2 N–H and O–H groups in total. The molecule has 33 heavy (non-hydrogen) atoms. The van der Waals surface area contributed by atoms with Gasteiger partial charge in [-0.25, -0.2) is 23.1 Å². The van der Waals surface area contributed by atoms with Gasteiger partial charge in [-0.1, -0.05) is 12.1 Å². The molecule has 0 saturated heterocycles. The molecular formula is C22H25BrN6O3S. The Bertz CT molecular complexity index is 1330. The van der Waals surface area contributed by atoms with Crippen LogP contribution in [0, 0.1) is 0 Å². The minimum Gasteiger partial charge on any atom is -0.324 e. The maximum absolute atomic E-state index is 12.7. The second kappa shape index (κ2) is 8.62. The number of anilines is 2. The first-order valence-electron chi connectivity index (χ1n) is 10.5. The van der Waals surface area contributed by atoms with E-state index in [1.54, 1.807) is 39.1 Å². The number of rotatable bonds is 6. The van der Waals surface area contributed by atoms with Gasteiger partial charge in [0.15, 0.2) is 5.82 Å². The predicted octanol–water partition coefficient (Wildman–Crippen LogP) is 4.46. The normalized spacial score (nSPS) is 14.3. The maximum atomic E-state index is 12.7. The zero-order valence-corrected chi connectivity index (χ0v) is 21.2. The van der Waals surface area contributed by atoms with Gasteiger partial charge in [-0.05, 0) is 61.7 Å². The first-order valence-corrected chi connectivity index (χ1v) is 12.8. The Morgan fingerprint density at radius 1 is 1.21 bits per heavy atom. The Kier molecular flexibility index (Phi) is 6.14. The Morgan fingerprint density at radius 2 is 1.94 bits per heavy atom. The molecular weight excluding hydrogens is 508 g/mol. The Hall–Kier alpha value is -2.63. The molecule has 1 fully saturated rings. The number of benzene rings is 1. The van der Waals surface area contributed by atoms with Crippen molar-refractivity contribution in [1.29, 1.82) is 0 Å². The number of nitrogens with zero attached hydrogens (tertiary/aromatic N) is 4. The summed E-state index contributed by atoms with van der Waals surface area (Å²) in [7, 11) is -3.71. The van der Waals surface area contributed by atoms with Crippen LogP contribution in [0.25, 0.3) is 11.4 Å². The number of halogens is 1. The van der Waals surface area contributed by atoms with Crippen LogP contribution in [0.1, 0.15) is 56.9 Å². The molecule has 1 saturated carbocycles. The van der Waals surface area contributed by atoms with E-state index in [1.165, 1.54) is 23.7 Å². The van der Waals surface area contributed by atoms with Gasteiger partial charge in [-0.3, -0.25) is 4.79 Å². The van der Waals surface area contributed by atoms with Crippen LogP contribution in [0.3, 0.4) is 0 Å². The van der Waals surface area contributed by atoms with Crippen molar-refractivity contribution in [3.8, 4) is 11.4 Å². The van der Waals surface area contributed by atoms with Gasteiger partial charge >= 0.3 is 0 Å². The smallest absolute Gasteiger partial charge is 0.245 e. The average molecular weight is 533 g/mol. The lowest BCUT2D eigenvalue weighted by atomic mass is 10.1. The topological polar surface area (TPSA) is 119 Å². The van der Waals surface area contributed by atoms with E-state index in [-0.39, 0.29) is 10.8 Å². The number of hydrogen-bond donors (Lipinski definition) is 2. The molecule has 9 nitrogen and oxygen atoms in total. The Balaban J connectivity index is 1.67. The average Bonchev–Trinajstić information content (AvgIpc) is 3.48. The van der Waals surface area contributed by atoms with Crippen molar-refractivity contribution in [1.82, 2.24) is 24.5 Å². The molecule has 0 bridgehead atoms. The van der Waals surface area contributed by atoms with Crippen molar-refractivity contribution in [2.45, 2.75) is 56.9 Å². The van der Waals surface area contributed by atoms with E-state index in [0.717, 1.165) is 18.5 Å². The van der Waals surface area contributed by atoms with Crippen molar-refractivity contribution in [2.75, 3.05) is 5.32 Å². The number of nitrogens with one attached hydrogen (secondary N) is 2. The summed E-state index contributed by atoms with van der Waals surface area (Å²) in [5, 5.41) is 7.58. The molecule has 174 valence electrons. The number of carbonyl (C=O) groups is 1. The second-order valence-electron chi connectivity index (χ2n) is 9.06. The molecule has 0 radical (unpaired) electrons. The van der Waals surface area contributed by atoms with Gasteiger partial charge in [0.25, 0.3) is 0 Å². The van der Waals surface area contributed by atoms with Crippen molar-refractivity contribution >= 4 is 43.5 Å². The van der Waals surface area contributed by atoms with E-state index in [1.807, 2.05) is 6.07 Å². The van der Waals surface area contributed by atoms with Gasteiger partial charge in [0, 0.05) is 36.2 Å². The van der Waals surface area contributed by atoms with Crippen LogP contribution >= 0.6 is 15.9 Å². The minimum atomic E-state index is -3.71. The zero-order chi connectivity index (χ0) is 24.0. The minimum absolute atomic E-state index is 0.125. The molecule has 0 atom stereocenters. The zero-order valence-electron chi connectivity index (χ0n) is 18.8. The molecule has 0 amide bonds. The summed E-state index contributed by atoms with van der Waals surface area (Å²) in [5.41, 5.74) is 0.808. The third-order valence-electron chi connectivity index (χ3n) is 4.86. The summed E-state index contributed by atoms with van der Waals surface area (Å²) < 4.78 is 30.1. The van der Waals surface area contributed by atoms with E-state index in [4.69, 9.17) is 0 Å². The van der Waals surface area contributed by atoms with Crippen molar-refractivity contribution < 1.29 is 13.2 Å². The van der Waals surface area contributed by atoms with Gasteiger partial charge in [0.1, 0.15) is 11.6 Å². The molecule has 1 aliphatic rings. The van der Waals surface area contributed by atoms with Gasteiger partial charge in [-0.15, -0.1) is 0 Å². The van der Waals surface area contributed by atoms with Gasteiger partial charge in [0.2, 0.25) is 15.9 Å². The van der Waals surface area contributed by atoms with E-state index < -0.39 is 15.6 Å². The number of hydrogen-bond acceptors (Lipinski definition) is 7. The highest BCUT2D eigenvalue weighted by Gasteiger charge is 2.28. The standard InChI is InChI=1S/C22H25BrN6O3S/c1-13(30)29-19(11-18(27-29)14-8-9-14)25-21-17(23)12-24-20(26-21)15-6-5-7-16(10-15)33(31,32)28-22(2,3)4/h5-7,10-12,14,28H,8-9H2,1-4H3,(H,24,25,26). The van der Waals surface area contributed by atoms with Crippen LogP contribution in [-0.4, -0.2) is 39.6 Å². The molecule has 1 aromatic carbocycles. The van der Waals surface area contributed by atoms with Crippen LogP contribution in [0.4, 0.5) is 11.6 Å². The molecule has 0 unspecified atom stereocenters. The molecule has 0 spiro atoms. The lowest BCUT2D eigenvalue weighted by molar-refractivity contribution is 0.0923. The van der Waals surface area contributed by atoms with Crippen LogP contribution in [0.2, 0.25) is 0 Å². The summed E-state index contributed by atoms with van der Waals surface area (Å²) in [6, 6.07) is 8.32. The second-order valence-corrected chi connectivity index (χ2v) is 11.6. The third-order valence-corrected chi connectivity index (χ3v) is 7.19. The first-order chi connectivity index (χ1) is 15.4. The first kappa shape index (κ1) is 23.5. The van der Waals surface area contributed by atoms with Crippen LogP contribution in [0.5, 0.6) is 0 Å². The van der Waals surface area contributed by atoms with Crippen molar-refractivity contribution in [3.63, 3.8) is 0 Å². The molecule has 2 heterocycles. The fraction of sp³-hybridized carbons (Fsp3) is 0.364. The summed E-state index contributed by atoms with van der Waals surface area (Å²) in [4.78, 5) is 21.1. The largest absolute Gasteiger partial charge is 0.324 e. The predicted molar refractivity (Wildman–Crippen MR) is 129 cm³/mol. The number of sulfonamides is 1. The van der Waals surface area contributed by atoms with Crippen LogP contribution in [-0.2, 0) is 10.0 Å². The monoisotopic (exact) mass is 532 g/mol. The van der Waals surface area contributed by atoms with Crippen molar-refractivity contribution in [3.05, 3.63) is 46.7 Å².